The molecule has 0 spiro atoms. The summed E-state index contributed by atoms with van der Waals surface area (Å²) in [6, 6.07) is 6.11. The number of ether oxygens (including phenoxy) is 1. The molecule has 11 nitrogen and oxygen atoms in total. The number of aromatic nitrogens is 2. The number of amides is 3. The molecule has 0 bridgehead atoms. The van der Waals surface area contributed by atoms with Crippen molar-refractivity contribution in [2.45, 2.75) is 83.2 Å². The third kappa shape index (κ3) is 6.38. The highest BCUT2D eigenvalue weighted by Gasteiger charge is 2.35. The number of nitrogens with one attached hydrogen (secondary N) is 2. The Balaban J connectivity index is 1.16. The zero-order valence-electron chi connectivity index (χ0n) is 23.2. The lowest BCUT2D eigenvalue weighted by Gasteiger charge is -2.39. The number of carbonyl (C=O) groups is 3. The van der Waals surface area contributed by atoms with Gasteiger partial charge in [0.1, 0.15) is 17.5 Å². The summed E-state index contributed by atoms with van der Waals surface area (Å²) < 4.78 is 22.4. The number of benzene rings is 1. The molecule has 5 rings (SSSR count). The van der Waals surface area contributed by atoms with E-state index < -0.39 is 29.0 Å². The van der Waals surface area contributed by atoms with Crippen LogP contribution in [-0.2, 0) is 33.8 Å². The van der Waals surface area contributed by atoms with Crippen molar-refractivity contribution in [3.63, 3.8) is 0 Å². The zero-order chi connectivity index (χ0) is 28.7. The van der Waals surface area contributed by atoms with Crippen LogP contribution in [0.1, 0.15) is 57.8 Å². The number of fused-ring (bicyclic) bond motifs is 1. The fraction of sp³-hybridized carbons (Fsp3) is 0.571. The number of hydrogen-bond acceptors (Lipinski definition) is 8. The first-order valence-electron chi connectivity index (χ1n) is 13.8. The summed E-state index contributed by atoms with van der Waals surface area (Å²) in [5.74, 6) is -1.12. The molecule has 1 aromatic carbocycles. The van der Waals surface area contributed by atoms with E-state index in [4.69, 9.17) is 4.74 Å². The van der Waals surface area contributed by atoms with Gasteiger partial charge in [-0.15, -0.1) is 0 Å². The molecule has 0 radical (unpaired) electrons. The van der Waals surface area contributed by atoms with Gasteiger partial charge >= 0.3 is 6.09 Å². The van der Waals surface area contributed by atoms with E-state index in [-0.39, 0.29) is 18.4 Å². The maximum atomic E-state index is 15.0. The Hall–Kier alpha value is -3.67. The van der Waals surface area contributed by atoms with E-state index in [2.05, 4.69) is 15.7 Å². The Morgan fingerprint density at radius 1 is 1.20 bits per heavy atom. The Bertz CT molecular complexity index is 1300. The first-order chi connectivity index (χ1) is 18.9. The predicted octanol–water partition coefficient (Wildman–Crippen LogP) is 2.56. The van der Waals surface area contributed by atoms with Crippen molar-refractivity contribution >= 4 is 29.3 Å². The zero-order valence-corrected chi connectivity index (χ0v) is 23.2. The van der Waals surface area contributed by atoms with E-state index in [1.165, 1.54) is 6.07 Å². The topological polar surface area (TPSA) is 129 Å². The third-order valence-corrected chi connectivity index (χ3v) is 7.57. The van der Waals surface area contributed by atoms with Crippen LogP contribution >= 0.6 is 0 Å². The number of carbonyl (C=O) groups excluding carboxylic acids is 3. The number of aliphatic hydroxyl groups is 1. The van der Waals surface area contributed by atoms with Gasteiger partial charge in [0, 0.05) is 38.2 Å². The van der Waals surface area contributed by atoms with Gasteiger partial charge in [0.25, 0.3) is 0 Å². The molecule has 1 unspecified atom stereocenters. The van der Waals surface area contributed by atoms with E-state index >= 15 is 4.39 Å². The van der Waals surface area contributed by atoms with Crippen LogP contribution in [-0.4, -0.2) is 74.6 Å². The van der Waals surface area contributed by atoms with Gasteiger partial charge in [-0.05, 0) is 64.3 Å². The average molecular weight is 557 g/mol. The molecule has 2 aromatic rings. The van der Waals surface area contributed by atoms with Crippen LogP contribution < -0.4 is 15.5 Å². The predicted molar refractivity (Wildman–Crippen MR) is 145 cm³/mol. The monoisotopic (exact) mass is 556 g/mol. The van der Waals surface area contributed by atoms with Gasteiger partial charge in [-0.2, -0.15) is 5.10 Å². The van der Waals surface area contributed by atoms with Gasteiger partial charge in [-0.3, -0.25) is 19.6 Å². The molecule has 3 aliphatic heterocycles. The van der Waals surface area contributed by atoms with Crippen molar-refractivity contribution in [2.24, 2.45) is 0 Å². The number of hydrogen-bond donors (Lipinski definition) is 3. The maximum absolute atomic E-state index is 15.0. The molecule has 4 heterocycles. The molecule has 2 fully saturated rings. The standard InChI is InChI=1S/C28H37FN6O5/c1-27(2,3)40-26(38)34-12-13-35-20(17-34)14-19(32-35)16-28(39)8-10-33(11-9-28)23-6-4-18(15-21(23)29)30-22-5-7-24(36)31-25(22)37/h4,6,14-15,22,30,39H,5,7-13,16-17H2,1-3H3,(H,31,36,37). The van der Waals surface area contributed by atoms with E-state index in [1.54, 1.807) is 17.0 Å². The molecule has 1 aromatic heterocycles. The first-order valence-corrected chi connectivity index (χ1v) is 13.8. The van der Waals surface area contributed by atoms with Gasteiger partial charge in [0.15, 0.2) is 0 Å². The molecule has 216 valence electrons. The summed E-state index contributed by atoms with van der Waals surface area (Å²) in [5.41, 5.74) is 1.06. The second kappa shape index (κ2) is 10.7. The molecule has 3 N–H and O–H groups in total. The van der Waals surface area contributed by atoms with Crippen molar-refractivity contribution in [1.29, 1.82) is 0 Å². The number of imide groups is 1. The molecular formula is C28H37FN6O5. The van der Waals surface area contributed by atoms with Crippen LogP contribution in [0.4, 0.5) is 20.6 Å². The van der Waals surface area contributed by atoms with Crippen LogP contribution in [0.25, 0.3) is 0 Å². The summed E-state index contributed by atoms with van der Waals surface area (Å²) in [6.07, 6.45) is 1.54. The fourth-order valence-corrected chi connectivity index (χ4v) is 5.46. The molecular weight excluding hydrogens is 519 g/mol. The van der Waals surface area contributed by atoms with Crippen LogP contribution in [0.5, 0.6) is 0 Å². The first kappa shape index (κ1) is 27.9. The lowest BCUT2D eigenvalue weighted by molar-refractivity contribution is -0.133. The molecule has 1 atom stereocenters. The number of rotatable bonds is 5. The van der Waals surface area contributed by atoms with Crippen molar-refractivity contribution in [2.75, 3.05) is 29.9 Å². The normalized spacial score (nSPS) is 21.1. The summed E-state index contributed by atoms with van der Waals surface area (Å²) in [4.78, 5) is 39.4. The van der Waals surface area contributed by atoms with Gasteiger partial charge in [0.2, 0.25) is 11.8 Å². The highest BCUT2D eigenvalue weighted by molar-refractivity contribution is 6.01. The maximum Gasteiger partial charge on any atom is 0.410 e. The smallest absolute Gasteiger partial charge is 0.410 e. The SMILES string of the molecule is CC(C)(C)OC(=O)N1CCn2nc(CC3(O)CCN(c4ccc(NC5CCC(=O)NC5=O)cc4F)CC3)cc2C1. The van der Waals surface area contributed by atoms with Gasteiger partial charge in [0.05, 0.1) is 35.8 Å². The summed E-state index contributed by atoms with van der Waals surface area (Å²) in [6.45, 7) is 7.96. The quantitative estimate of drug-likeness (QED) is 0.480. The molecule has 2 saturated heterocycles. The average Bonchev–Trinajstić information content (AvgIpc) is 3.26. The minimum atomic E-state index is -0.963. The molecule has 0 saturated carbocycles. The van der Waals surface area contributed by atoms with Crippen LogP contribution in [0.3, 0.4) is 0 Å². The lowest BCUT2D eigenvalue weighted by Crippen LogP contribution is -2.47. The Kier molecular flexibility index (Phi) is 7.47. The van der Waals surface area contributed by atoms with Crippen LogP contribution in [0, 0.1) is 5.82 Å². The minimum absolute atomic E-state index is 0.243. The highest BCUT2D eigenvalue weighted by Crippen LogP contribution is 2.32. The second-order valence-corrected chi connectivity index (χ2v) is 12.0. The fourth-order valence-electron chi connectivity index (χ4n) is 5.46. The molecule has 3 amide bonds. The molecule has 40 heavy (non-hydrogen) atoms. The highest BCUT2D eigenvalue weighted by atomic mass is 19.1. The summed E-state index contributed by atoms with van der Waals surface area (Å²) in [5, 5.41) is 21.3. The second-order valence-electron chi connectivity index (χ2n) is 12.0. The van der Waals surface area contributed by atoms with E-state index in [1.807, 2.05) is 36.4 Å². The van der Waals surface area contributed by atoms with Crippen LogP contribution in [0.2, 0.25) is 0 Å². The number of piperidine rings is 2. The van der Waals surface area contributed by atoms with E-state index in [9.17, 15) is 19.5 Å². The van der Waals surface area contributed by atoms with Gasteiger partial charge in [-0.1, -0.05) is 0 Å². The van der Waals surface area contributed by atoms with Crippen LogP contribution in [0.15, 0.2) is 24.3 Å². The van der Waals surface area contributed by atoms with Crippen molar-refractivity contribution in [1.82, 2.24) is 20.0 Å². The Labute approximate surface area is 232 Å². The Morgan fingerprint density at radius 2 is 1.95 bits per heavy atom. The summed E-state index contributed by atoms with van der Waals surface area (Å²) in [7, 11) is 0. The molecule has 0 aliphatic carbocycles. The third-order valence-electron chi connectivity index (χ3n) is 7.57. The summed E-state index contributed by atoms with van der Waals surface area (Å²) >= 11 is 0. The molecule has 3 aliphatic rings. The van der Waals surface area contributed by atoms with Crippen molar-refractivity contribution in [3.05, 3.63) is 41.5 Å². The van der Waals surface area contributed by atoms with Gasteiger partial charge in [-0.25, -0.2) is 9.18 Å². The van der Waals surface area contributed by atoms with E-state index in [0.717, 1.165) is 11.4 Å². The van der Waals surface area contributed by atoms with Crippen molar-refractivity contribution in [3.8, 4) is 0 Å². The largest absolute Gasteiger partial charge is 0.444 e. The number of halogens is 1. The van der Waals surface area contributed by atoms with Gasteiger partial charge < -0.3 is 25.0 Å². The van der Waals surface area contributed by atoms with E-state index in [0.29, 0.717) is 69.8 Å². The lowest BCUT2D eigenvalue weighted by atomic mass is 9.86. The Morgan fingerprint density at radius 3 is 2.62 bits per heavy atom. The minimum Gasteiger partial charge on any atom is -0.444 e. The molecule has 12 heteroatoms. The number of anilines is 2. The number of nitrogens with zero attached hydrogens (tertiary/aromatic N) is 4. The van der Waals surface area contributed by atoms with Crippen molar-refractivity contribution < 1.29 is 28.6 Å².